The van der Waals surface area contributed by atoms with E-state index in [9.17, 15) is 18.4 Å². The molecule has 0 bridgehead atoms. The van der Waals surface area contributed by atoms with E-state index in [0.717, 1.165) is 12.1 Å². The first kappa shape index (κ1) is 17.0. The molecule has 0 spiro atoms. The van der Waals surface area contributed by atoms with Gasteiger partial charge in [0.2, 0.25) is 11.8 Å². The van der Waals surface area contributed by atoms with Gasteiger partial charge in [0.15, 0.2) is 0 Å². The summed E-state index contributed by atoms with van der Waals surface area (Å²) in [5, 5.41) is 7.49. The van der Waals surface area contributed by atoms with Crippen molar-refractivity contribution in [2.24, 2.45) is 0 Å². The molecule has 1 aromatic rings. The highest BCUT2D eigenvalue weighted by molar-refractivity contribution is 5.93. The number of para-hydroxylation sites is 1. The van der Waals surface area contributed by atoms with E-state index < -0.39 is 29.3 Å². The second kappa shape index (κ2) is 7.68. The lowest BCUT2D eigenvalue weighted by molar-refractivity contribution is -0.123. The van der Waals surface area contributed by atoms with Crippen molar-refractivity contribution in [3.05, 3.63) is 29.8 Å². The smallest absolute Gasteiger partial charge is 0.238 e. The Morgan fingerprint density at radius 2 is 1.71 bits per heavy atom. The van der Waals surface area contributed by atoms with Gasteiger partial charge in [-0.3, -0.25) is 14.9 Å². The van der Waals surface area contributed by atoms with Crippen LogP contribution in [0.5, 0.6) is 0 Å². The van der Waals surface area contributed by atoms with Gasteiger partial charge in [-0.25, -0.2) is 8.78 Å². The van der Waals surface area contributed by atoms with Gasteiger partial charge in [-0.05, 0) is 32.9 Å². The van der Waals surface area contributed by atoms with Crippen molar-refractivity contribution in [3.63, 3.8) is 0 Å². The van der Waals surface area contributed by atoms with Gasteiger partial charge in [-0.15, -0.1) is 0 Å². The molecule has 0 aliphatic heterocycles. The molecule has 0 fully saturated rings. The average molecular weight is 299 g/mol. The zero-order chi connectivity index (χ0) is 16.0. The van der Waals surface area contributed by atoms with Crippen LogP contribution in [0.3, 0.4) is 0 Å². The fourth-order valence-corrected chi connectivity index (χ4v) is 1.55. The van der Waals surface area contributed by atoms with E-state index in [0.29, 0.717) is 0 Å². The van der Waals surface area contributed by atoms with E-state index >= 15 is 0 Å². The zero-order valence-electron chi connectivity index (χ0n) is 12.2. The fourth-order valence-electron chi connectivity index (χ4n) is 1.55. The molecule has 1 atom stereocenters. The number of amides is 2. The molecule has 21 heavy (non-hydrogen) atoms. The summed E-state index contributed by atoms with van der Waals surface area (Å²) in [6, 6.07) is 2.69. The van der Waals surface area contributed by atoms with Crippen molar-refractivity contribution in [1.82, 2.24) is 10.6 Å². The summed E-state index contributed by atoms with van der Waals surface area (Å²) in [5.74, 6) is -2.60. The van der Waals surface area contributed by atoms with Crippen LogP contribution in [0.25, 0.3) is 0 Å². The van der Waals surface area contributed by atoms with Crippen LogP contribution in [0, 0.1) is 11.6 Å². The van der Waals surface area contributed by atoms with Crippen molar-refractivity contribution >= 4 is 17.5 Å². The highest BCUT2D eigenvalue weighted by atomic mass is 19.1. The van der Waals surface area contributed by atoms with E-state index in [2.05, 4.69) is 16.0 Å². The molecule has 0 radical (unpaired) electrons. The lowest BCUT2D eigenvalue weighted by Gasteiger charge is -2.16. The maximum atomic E-state index is 13.3. The number of hydrogen-bond donors (Lipinski definition) is 3. The minimum absolute atomic E-state index is 0.0110. The molecule has 0 saturated carbocycles. The number of carbonyl (C=O) groups is 2. The predicted octanol–water partition coefficient (Wildman–Crippen LogP) is 1.41. The maximum absolute atomic E-state index is 13.3. The van der Waals surface area contributed by atoms with Crippen molar-refractivity contribution in [2.75, 3.05) is 11.9 Å². The van der Waals surface area contributed by atoms with Crippen molar-refractivity contribution in [3.8, 4) is 0 Å². The molecule has 1 aromatic carbocycles. The van der Waals surface area contributed by atoms with Gasteiger partial charge in [-0.2, -0.15) is 0 Å². The first-order valence-electron chi connectivity index (χ1n) is 6.59. The molecule has 0 saturated heterocycles. The molecule has 7 heteroatoms. The van der Waals surface area contributed by atoms with Crippen LogP contribution in [0.4, 0.5) is 14.5 Å². The molecule has 3 N–H and O–H groups in total. The largest absolute Gasteiger partial charge is 0.353 e. The predicted molar refractivity (Wildman–Crippen MR) is 75.7 cm³/mol. The Labute approximate surface area is 122 Å². The quantitative estimate of drug-likeness (QED) is 0.744. The number of rotatable bonds is 6. The summed E-state index contributed by atoms with van der Waals surface area (Å²) in [7, 11) is 0. The van der Waals surface area contributed by atoms with Crippen LogP contribution >= 0.6 is 0 Å². The van der Waals surface area contributed by atoms with Crippen LogP contribution in [-0.2, 0) is 9.59 Å². The number of halogens is 2. The van der Waals surface area contributed by atoms with Crippen LogP contribution in [0.15, 0.2) is 18.2 Å². The second-order valence-corrected chi connectivity index (χ2v) is 4.91. The van der Waals surface area contributed by atoms with E-state index in [1.807, 2.05) is 13.8 Å². The molecule has 0 aromatic heterocycles. The van der Waals surface area contributed by atoms with Gasteiger partial charge in [0.1, 0.15) is 17.3 Å². The van der Waals surface area contributed by atoms with E-state index in [4.69, 9.17) is 0 Å². The van der Waals surface area contributed by atoms with Crippen LogP contribution in [-0.4, -0.2) is 30.4 Å². The molecular formula is C14H19F2N3O2. The molecule has 1 rings (SSSR count). The monoisotopic (exact) mass is 299 g/mol. The van der Waals surface area contributed by atoms with Crippen LogP contribution < -0.4 is 16.0 Å². The Bertz CT molecular complexity index is 501. The summed E-state index contributed by atoms with van der Waals surface area (Å²) in [5.41, 5.74) is -0.497. The maximum Gasteiger partial charge on any atom is 0.238 e. The summed E-state index contributed by atoms with van der Waals surface area (Å²) < 4.78 is 26.7. The zero-order valence-corrected chi connectivity index (χ0v) is 12.2. The second-order valence-electron chi connectivity index (χ2n) is 4.91. The van der Waals surface area contributed by atoms with Gasteiger partial charge >= 0.3 is 0 Å². The number of benzene rings is 1. The Morgan fingerprint density at radius 1 is 1.14 bits per heavy atom. The highest BCUT2D eigenvalue weighted by Crippen LogP contribution is 2.17. The normalized spacial score (nSPS) is 12.1. The Hall–Kier alpha value is -2.02. The van der Waals surface area contributed by atoms with E-state index in [1.165, 1.54) is 6.07 Å². The van der Waals surface area contributed by atoms with Gasteiger partial charge in [0, 0.05) is 6.04 Å². The number of anilines is 1. The van der Waals surface area contributed by atoms with Gasteiger partial charge in [-0.1, -0.05) is 6.07 Å². The minimum atomic E-state index is -0.853. The highest BCUT2D eigenvalue weighted by Gasteiger charge is 2.16. The van der Waals surface area contributed by atoms with E-state index in [-0.39, 0.29) is 18.5 Å². The van der Waals surface area contributed by atoms with Crippen molar-refractivity contribution in [2.45, 2.75) is 32.9 Å². The molecule has 1 unspecified atom stereocenters. The molecule has 2 amide bonds. The Morgan fingerprint density at radius 3 is 2.24 bits per heavy atom. The lowest BCUT2D eigenvalue weighted by atomic mass is 10.2. The topological polar surface area (TPSA) is 70.2 Å². The van der Waals surface area contributed by atoms with Gasteiger partial charge in [0.25, 0.3) is 0 Å². The number of carbonyl (C=O) groups excluding carboxylic acids is 2. The Balaban J connectivity index is 2.50. The molecule has 0 heterocycles. The standard InChI is InChI=1S/C14H19F2N3O2/c1-8(2)18-14(21)9(3)17-7-12(20)19-13-10(15)5-4-6-11(13)16/h4-6,8-9,17H,7H2,1-3H3,(H,18,21)(H,19,20). The first-order valence-corrected chi connectivity index (χ1v) is 6.59. The van der Waals surface area contributed by atoms with Crippen molar-refractivity contribution in [1.29, 1.82) is 0 Å². The number of hydrogen-bond acceptors (Lipinski definition) is 3. The molecule has 5 nitrogen and oxygen atoms in total. The third kappa shape index (κ3) is 5.47. The summed E-state index contributed by atoms with van der Waals surface area (Å²) in [6.07, 6.45) is 0. The molecule has 0 aliphatic rings. The van der Waals surface area contributed by atoms with Crippen LogP contribution in [0.2, 0.25) is 0 Å². The van der Waals surface area contributed by atoms with Gasteiger partial charge in [0.05, 0.1) is 12.6 Å². The lowest BCUT2D eigenvalue weighted by Crippen LogP contribution is -2.46. The molecule has 116 valence electrons. The van der Waals surface area contributed by atoms with Gasteiger partial charge < -0.3 is 10.6 Å². The first-order chi connectivity index (χ1) is 9.81. The Kier molecular flexibility index (Phi) is 6.23. The fraction of sp³-hybridized carbons (Fsp3) is 0.429. The summed E-state index contributed by atoms with van der Waals surface area (Å²) >= 11 is 0. The average Bonchev–Trinajstić information content (AvgIpc) is 2.39. The SMILES string of the molecule is CC(C)NC(=O)C(C)NCC(=O)Nc1c(F)cccc1F. The molecule has 0 aliphatic carbocycles. The molecular weight excluding hydrogens is 280 g/mol. The third-order valence-electron chi connectivity index (χ3n) is 2.62. The third-order valence-corrected chi connectivity index (χ3v) is 2.62. The van der Waals surface area contributed by atoms with Crippen molar-refractivity contribution < 1.29 is 18.4 Å². The van der Waals surface area contributed by atoms with E-state index in [1.54, 1.807) is 6.92 Å². The minimum Gasteiger partial charge on any atom is -0.353 e. The number of nitrogens with one attached hydrogen (secondary N) is 3. The summed E-state index contributed by atoms with van der Waals surface area (Å²) in [6.45, 7) is 4.99. The van der Waals surface area contributed by atoms with Crippen LogP contribution in [0.1, 0.15) is 20.8 Å². The summed E-state index contributed by atoms with van der Waals surface area (Å²) in [4.78, 5) is 23.2.